The zero-order valence-corrected chi connectivity index (χ0v) is 16.5. The van der Waals surface area contributed by atoms with Crippen LogP contribution in [-0.2, 0) is 4.79 Å². The summed E-state index contributed by atoms with van der Waals surface area (Å²) in [7, 11) is 0. The van der Waals surface area contributed by atoms with Crippen LogP contribution in [0.15, 0.2) is 48.5 Å². The molecule has 0 unspecified atom stereocenters. The van der Waals surface area contributed by atoms with Gasteiger partial charge in [-0.3, -0.25) is 9.59 Å². The summed E-state index contributed by atoms with van der Waals surface area (Å²) in [6.45, 7) is 4.80. The van der Waals surface area contributed by atoms with Crippen molar-refractivity contribution in [3.63, 3.8) is 0 Å². The Morgan fingerprint density at radius 1 is 1.00 bits per heavy atom. The summed E-state index contributed by atoms with van der Waals surface area (Å²) < 4.78 is 11.2. The molecule has 1 amide bonds. The Morgan fingerprint density at radius 2 is 1.67 bits per heavy atom. The minimum Gasteiger partial charge on any atom is -0.494 e. The highest BCUT2D eigenvalue weighted by Crippen LogP contribution is 2.18. The number of nitrogens with one attached hydrogen (secondary N) is 1. The molecule has 144 valence electrons. The molecule has 2 aromatic carbocycles. The number of hydrogen-bond acceptors (Lipinski definition) is 5. The Balaban J connectivity index is 1.64. The van der Waals surface area contributed by atoms with Gasteiger partial charge in [-0.25, -0.2) is 0 Å². The van der Waals surface area contributed by atoms with E-state index in [1.165, 1.54) is 18.7 Å². The molecule has 1 N–H and O–H groups in total. The van der Waals surface area contributed by atoms with Gasteiger partial charge in [0, 0.05) is 17.0 Å². The van der Waals surface area contributed by atoms with Gasteiger partial charge in [-0.2, -0.15) is 0 Å². The van der Waals surface area contributed by atoms with Crippen LogP contribution in [0.25, 0.3) is 0 Å². The summed E-state index contributed by atoms with van der Waals surface area (Å²) >= 11 is 1.50. The van der Waals surface area contributed by atoms with E-state index < -0.39 is 0 Å². The molecule has 0 bridgehead atoms. The van der Waals surface area contributed by atoms with Gasteiger partial charge < -0.3 is 14.8 Å². The van der Waals surface area contributed by atoms with Gasteiger partial charge in [-0.1, -0.05) is 19.1 Å². The summed E-state index contributed by atoms with van der Waals surface area (Å²) in [5.74, 6) is 2.53. The van der Waals surface area contributed by atoms with Crippen molar-refractivity contribution >= 4 is 29.1 Å². The molecule has 2 rings (SSSR count). The lowest BCUT2D eigenvalue weighted by Crippen LogP contribution is -2.15. The van der Waals surface area contributed by atoms with Crippen molar-refractivity contribution in [3.05, 3.63) is 54.1 Å². The standard InChI is InChI=1S/C21H25NO4S/c1-3-11-25-19-7-9-20(10-8-19)26-12-13-27-15-21(24)22-18-6-4-5-17(14-18)16(2)23/h4-10,14H,3,11-13,15H2,1-2H3,(H,22,24). The third-order valence-corrected chi connectivity index (χ3v) is 4.50. The molecular weight excluding hydrogens is 362 g/mol. The molecule has 6 heteroatoms. The second kappa shape index (κ2) is 11.3. The van der Waals surface area contributed by atoms with E-state index in [1.807, 2.05) is 24.3 Å². The third-order valence-electron chi connectivity index (χ3n) is 3.58. The number of anilines is 1. The zero-order valence-electron chi connectivity index (χ0n) is 15.7. The second-order valence-electron chi connectivity index (χ2n) is 5.91. The number of Topliss-reactive ketones (excluding diaryl/α,β-unsaturated/α-hetero) is 1. The average Bonchev–Trinajstić information content (AvgIpc) is 2.67. The van der Waals surface area contributed by atoms with E-state index in [9.17, 15) is 9.59 Å². The van der Waals surface area contributed by atoms with Crippen molar-refractivity contribution in [3.8, 4) is 11.5 Å². The number of ketones is 1. The molecule has 0 radical (unpaired) electrons. The first kappa shape index (κ1) is 20.8. The van der Waals surface area contributed by atoms with Gasteiger partial charge in [0.25, 0.3) is 0 Å². The molecule has 0 saturated heterocycles. The minimum atomic E-state index is -0.0990. The highest BCUT2D eigenvalue weighted by molar-refractivity contribution is 7.99. The number of carbonyl (C=O) groups is 2. The molecule has 2 aromatic rings. The van der Waals surface area contributed by atoms with Crippen LogP contribution in [0.3, 0.4) is 0 Å². The fourth-order valence-electron chi connectivity index (χ4n) is 2.25. The second-order valence-corrected chi connectivity index (χ2v) is 7.01. The molecule has 0 aliphatic carbocycles. The quantitative estimate of drug-likeness (QED) is 0.456. The monoisotopic (exact) mass is 387 g/mol. The maximum absolute atomic E-state index is 12.0. The molecule has 0 aliphatic rings. The predicted molar refractivity (Wildman–Crippen MR) is 110 cm³/mol. The molecular formula is C21H25NO4S. The van der Waals surface area contributed by atoms with Gasteiger partial charge >= 0.3 is 0 Å². The molecule has 5 nitrogen and oxygen atoms in total. The first-order chi connectivity index (χ1) is 13.1. The van der Waals surface area contributed by atoms with E-state index in [0.29, 0.717) is 36.0 Å². The van der Waals surface area contributed by atoms with Crippen molar-refractivity contribution in [1.29, 1.82) is 0 Å². The van der Waals surface area contributed by atoms with Crippen LogP contribution in [-0.4, -0.2) is 36.4 Å². The number of rotatable bonds is 11. The Hall–Kier alpha value is -2.47. The molecule has 0 saturated carbocycles. The van der Waals surface area contributed by atoms with Crippen LogP contribution >= 0.6 is 11.8 Å². The lowest BCUT2D eigenvalue weighted by Gasteiger charge is -2.09. The smallest absolute Gasteiger partial charge is 0.234 e. The number of hydrogen-bond donors (Lipinski definition) is 1. The summed E-state index contributed by atoms with van der Waals surface area (Å²) in [5.41, 5.74) is 1.22. The Kier molecular flexibility index (Phi) is 8.71. The highest BCUT2D eigenvalue weighted by atomic mass is 32.2. The molecule has 0 spiro atoms. The molecule has 0 heterocycles. The fraction of sp³-hybridized carbons (Fsp3) is 0.333. The van der Waals surface area contributed by atoms with E-state index in [4.69, 9.17) is 9.47 Å². The average molecular weight is 388 g/mol. The van der Waals surface area contributed by atoms with E-state index >= 15 is 0 Å². The van der Waals surface area contributed by atoms with E-state index in [-0.39, 0.29) is 11.7 Å². The van der Waals surface area contributed by atoms with Crippen LogP contribution in [0.2, 0.25) is 0 Å². The number of benzene rings is 2. The lowest BCUT2D eigenvalue weighted by molar-refractivity contribution is -0.113. The molecule has 0 aromatic heterocycles. The Labute approximate surface area is 164 Å². The first-order valence-electron chi connectivity index (χ1n) is 8.92. The van der Waals surface area contributed by atoms with Crippen molar-refractivity contribution in [2.24, 2.45) is 0 Å². The molecule has 0 aliphatic heterocycles. The van der Waals surface area contributed by atoms with Gasteiger partial charge in [0.2, 0.25) is 5.91 Å². The molecule has 27 heavy (non-hydrogen) atoms. The van der Waals surface area contributed by atoms with Crippen LogP contribution in [0, 0.1) is 0 Å². The number of ether oxygens (including phenoxy) is 2. The first-order valence-corrected chi connectivity index (χ1v) is 10.1. The van der Waals surface area contributed by atoms with Crippen molar-refractivity contribution < 1.29 is 19.1 Å². The van der Waals surface area contributed by atoms with Gasteiger partial charge in [0.1, 0.15) is 11.5 Å². The third kappa shape index (κ3) is 7.74. The molecule has 0 fully saturated rings. The number of carbonyl (C=O) groups excluding carboxylic acids is 2. The Bertz CT molecular complexity index is 746. The molecule has 0 atom stereocenters. The maximum atomic E-state index is 12.0. The van der Waals surface area contributed by atoms with E-state index in [0.717, 1.165) is 17.9 Å². The van der Waals surface area contributed by atoms with Crippen LogP contribution in [0.1, 0.15) is 30.6 Å². The van der Waals surface area contributed by atoms with Crippen molar-refractivity contribution in [1.82, 2.24) is 0 Å². The van der Waals surface area contributed by atoms with Crippen LogP contribution in [0.4, 0.5) is 5.69 Å². The van der Waals surface area contributed by atoms with Crippen LogP contribution < -0.4 is 14.8 Å². The summed E-state index contributed by atoms with van der Waals surface area (Å²) in [5, 5.41) is 2.80. The maximum Gasteiger partial charge on any atom is 0.234 e. The number of amides is 1. The van der Waals surface area contributed by atoms with Gasteiger partial charge in [0.15, 0.2) is 5.78 Å². The predicted octanol–water partition coefficient (Wildman–Crippen LogP) is 4.43. The van der Waals surface area contributed by atoms with E-state index in [1.54, 1.807) is 24.3 Å². The van der Waals surface area contributed by atoms with E-state index in [2.05, 4.69) is 12.2 Å². The summed E-state index contributed by atoms with van der Waals surface area (Å²) in [4.78, 5) is 23.4. The van der Waals surface area contributed by atoms with Crippen molar-refractivity contribution in [2.45, 2.75) is 20.3 Å². The fourth-order valence-corrected chi connectivity index (χ4v) is 2.85. The largest absolute Gasteiger partial charge is 0.494 e. The van der Waals surface area contributed by atoms with Gasteiger partial charge in [0.05, 0.1) is 19.0 Å². The SMILES string of the molecule is CCCOc1ccc(OCCSCC(=O)Nc2cccc(C(C)=O)c2)cc1. The Morgan fingerprint density at radius 3 is 2.30 bits per heavy atom. The van der Waals surface area contributed by atoms with Gasteiger partial charge in [-0.15, -0.1) is 11.8 Å². The normalized spacial score (nSPS) is 10.3. The van der Waals surface area contributed by atoms with Crippen LogP contribution in [0.5, 0.6) is 11.5 Å². The lowest BCUT2D eigenvalue weighted by atomic mass is 10.1. The zero-order chi connectivity index (χ0) is 19.5. The van der Waals surface area contributed by atoms with Gasteiger partial charge in [-0.05, 0) is 49.7 Å². The van der Waals surface area contributed by atoms with Crippen molar-refractivity contribution in [2.75, 3.05) is 30.0 Å². The minimum absolute atomic E-state index is 0.0254. The topological polar surface area (TPSA) is 64.6 Å². The number of thioether (sulfide) groups is 1. The summed E-state index contributed by atoms with van der Waals surface area (Å²) in [6, 6.07) is 14.5. The summed E-state index contributed by atoms with van der Waals surface area (Å²) in [6.07, 6.45) is 0.977. The highest BCUT2D eigenvalue weighted by Gasteiger charge is 2.05.